The van der Waals surface area contributed by atoms with Gasteiger partial charge in [0.2, 0.25) is 10.0 Å². The molecule has 0 radical (unpaired) electrons. The molecule has 0 bridgehead atoms. The Morgan fingerprint density at radius 2 is 2.00 bits per heavy atom. The van der Waals surface area contributed by atoms with Crippen LogP contribution in [0.25, 0.3) is 0 Å². The van der Waals surface area contributed by atoms with Crippen molar-refractivity contribution in [2.24, 2.45) is 5.92 Å². The van der Waals surface area contributed by atoms with Crippen molar-refractivity contribution in [3.05, 3.63) is 23.8 Å². The summed E-state index contributed by atoms with van der Waals surface area (Å²) in [5, 5.41) is 9.23. The van der Waals surface area contributed by atoms with Crippen LogP contribution in [0.15, 0.2) is 23.1 Å². The highest BCUT2D eigenvalue weighted by Gasteiger charge is 2.22. The highest BCUT2D eigenvalue weighted by Crippen LogP contribution is 2.22. The van der Waals surface area contributed by atoms with E-state index in [1.54, 1.807) is 19.1 Å². The second kappa shape index (κ2) is 7.06. The van der Waals surface area contributed by atoms with Gasteiger partial charge in [0.25, 0.3) is 0 Å². The summed E-state index contributed by atoms with van der Waals surface area (Å²) in [5.74, 6) is 0.688. The van der Waals surface area contributed by atoms with E-state index in [-0.39, 0.29) is 17.4 Å². The van der Waals surface area contributed by atoms with Crippen molar-refractivity contribution in [3.63, 3.8) is 0 Å². The van der Waals surface area contributed by atoms with E-state index in [0.29, 0.717) is 12.4 Å². The van der Waals surface area contributed by atoms with Crippen LogP contribution < -0.4 is 9.46 Å². The molecule has 0 unspecified atom stereocenters. The molecule has 0 saturated heterocycles. The third-order valence-corrected chi connectivity index (χ3v) is 4.55. The van der Waals surface area contributed by atoms with Gasteiger partial charge >= 0.3 is 0 Å². The van der Waals surface area contributed by atoms with Gasteiger partial charge in [0, 0.05) is 6.04 Å². The smallest absolute Gasteiger partial charge is 0.240 e. The van der Waals surface area contributed by atoms with Crippen molar-refractivity contribution >= 4 is 10.0 Å². The van der Waals surface area contributed by atoms with Crippen molar-refractivity contribution in [1.29, 1.82) is 0 Å². The van der Waals surface area contributed by atoms with Crippen LogP contribution in [0.2, 0.25) is 0 Å². The Bertz CT molecular complexity index is 540. The van der Waals surface area contributed by atoms with Crippen molar-refractivity contribution < 1.29 is 18.3 Å². The lowest BCUT2D eigenvalue weighted by Crippen LogP contribution is -2.41. The van der Waals surface area contributed by atoms with E-state index in [0.717, 1.165) is 5.56 Å². The Labute approximate surface area is 121 Å². The molecule has 0 amide bonds. The first-order valence-corrected chi connectivity index (χ1v) is 8.16. The summed E-state index contributed by atoms with van der Waals surface area (Å²) in [6.07, 6.45) is 0. The molecular weight excluding hydrogens is 278 g/mol. The maximum atomic E-state index is 12.3. The van der Waals surface area contributed by atoms with E-state index in [2.05, 4.69) is 4.72 Å². The fraction of sp³-hybridized carbons (Fsp3) is 0.571. The zero-order valence-corrected chi connectivity index (χ0v) is 13.2. The molecule has 0 saturated carbocycles. The second-order valence-corrected chi connectivity index (χ2v) is 6.73. The normalized spacial score (nSPS) is 13.5. The van der Waals surface area contributed by atoms with E-state index in [1.807, 2.05) is 20.8 Å². The van der Waals surface area contributed by atoms with Gasteiger partial charge in [-0.3, -0.25) is 0 Å². The van der Waals surface area contributed by atoms with Crippen LogP contribution in [-0.2, 0) is 10.0 Å². The zero-order chi connectivity index (χ0) is 15.3. The van der Waals surface area contributed by atoms with Crippen molar-refractivity contribution in [1.82, 2.24) is 4.72 Å². The number of aryl methyl sites for hydroxylation is 1. The number of sulfonamides is 1. The average molecular weight is 301 g/mol. The molecule has 0 fully saturated rings. The fourth-order valence-electron chi connectivity index (χ4n) is 1.76. The molecule has 0 heterocycles. The van der Waals surface area contributed by atoms with Crippen LogP contribution in [0.4, 0.5) is 0 Å². The summed E-state index contributed by atoms with van der Waals surface area (Å²) >= 11 is 0. The summed E-state index contributed by atoms with van der Waals surface area (Å²) in [5.41, 5.74) is 0.764. The number of aliphatic hydroxyl groups excluding tert-OH is 1. The first kappa shape index (κ1) is 16.9. The predicted octanol–water partition coefficient (Wildman–Crippen LogP) is 1.69. The van der Waals surface area contributed by atoms with Crippen molar-refractivity contribution in [2.75, 3.05) is 13.2 Å². The Kier molecular flexibility index (Phi) is 5.98. The zero-order valence-electron chi connectivity index (χ0n) is 12.4. The van der Waals surface area contributed by atoms with Crippen LogP contribution in [0.3, 0.4) is 0 Å². The minimum Gasteiger partial charge on any atom is -0.494 e. The van der Waals surface area contributed by atoms with Gasteiger partial charge in [-0.05, 0) is 43.5 Å². The Morgan fingerprint density at radius 3 is 2.45 bits per heavy atom. The van der Waals surface area contributed by atoms with E-state index >= 15 is 0 Å². The van der Waals surface area contributed by atoms with Gasteiger partial charge in [0.1, 0.15) is 5.75 Å². The summed E-state index contributed by atoms with van der Waals surface area (Å²) in [7, 11) is -3.64. The molecule has 6 heteroatoms. The molecule has 20 heavy (non-hydrogen) atoms. The number of nitrogens with one attached hydrogen (secondary N) is 1. The Balaban J connectivity index is 3.01. The predicted molar refractivity (Wildman–Crippen MR) is 78.4 cm³/mol. The maximum absolute atomic E-state index is 12.3. The largest absolute Gasteiger partial charge is 0.494 e. The molecule has 1 atom stereocenters. The minimum absolute atomic E-state index is 0.0126. The van der Waals surface area contributed by atoms with Gasteiger partial charge in [0.15, 0.2) is 0 Å². The van der Waals surface area contributed by atoms with Crippen LogP contribution in [0.5, 0.6) is 5.75 Å². The lowest BCUT2D eigenvalue weighted by atomic mass is 10.1. The van der Waals surface area contributed by atoms with Crippen LogP contribution in [0, 0.1) is 12.8 Å². The van der Waals surface area contributed by atoms with E-state index in [9.17, 15) is 13.5 Å². The second-order valence-electron chi connectivity index (χ2n) is 5.01. The van der Waals surface area contributed by atoms with Crippen LogP contribution in [-0.4, -0.2) is 32.8 Å². The third-order valence-electron chi connectivity index (χ3n) is 3.06. The number of rotatable bonds is 7. The first-order chi connectivity index (χ1) is 9.31. The van der Waals surface area contributed by atoms with Gasteiger partial charge in [-0.25, -0.2) is 13.1 Å². The van der Waals surface area contributed by atoms with Gasteiger partial charge < -0.3 is 9.84 Å². The van der Waals surface area contributed by atoms with Gasteiger partial charge in [-0.15, -0.1) is 0 Å². The van der Waals surface area contributed by atoms with E-state index in [4.69, 9.17) is 4.74 Å². The summed E-state index contributed by atoms with van der Waals surface area (Å²) in [4.78, 5) is 0.178. The molecule has 0 aromatic heterocycles. The highest BCUT2D eigenvalue weighted by atomic mass is 32.2. The molecule has 1 aromatic carbocycles. The van der Waals surface area contributed by atoms with E-state index in [1.165, 1.54) is 6.07 Å². The molecule has 1 rings (SSSR count). The minimum atomic E-state index is -3.64. The standard InChI is InChI=1S/C14H23NO4S/c1-5-19-14-7-6-12(8-11(14)4)20(17,18)15-13(9-16)10(2)3/h6-8,10,13,15-16H,5,9H2,1-4H3/t13-/m1/s1. The molecule has 0 aliphatic carbocycles. The van der Waals surface area contributed by atoms with Crippen LogP contribution in [0.1, 0.15) is 26.3 Å². The summed E-state index contributed by atoms with van der Waals surface area (Å²) in [6, 6.07) is 4.24. The average Bonchev–Trinajstić information content (AvgIpc) is 2.38. The van der Waals surface area contributed by atoms with Gasteiger partial charge in [-0.2, -0.15) is 0 Å². The number of ether oxygens (including phenoxy) is 1. The number of hydrogen-bond acceptors (Lipinski definition) is 4. The highest BCUT2D eigenvalue weighted by molar-refractivity contribution is 7.89. The lowest BCUT2D eigenvalue weighted by molar-refractivity contribution is 0.227. The quantitative estimate of drug-likeness (QED) is 0.803. The molecular formula is C14H23NO4S. The molecule has 114 valence electrons. The van der Waals surface area contributed by atoms with Crippen molar-refractivity contribution in [2.45, 2.75) is 38.6 Å². The van der Waals surface area contributed by atoms with Crippen LogP contribution >= 0.6 is 0 Å². The molecule has 0 spiro atoms. The first-order valence-electron chi connectivity index (χ1n) is 6.68. The molecule has 5 nitrogen and oxygen atoms in total. The molecule has 1 aromatic rings. The molecule has 2 N–H and O–H groups in total. The fourth-order valence-corrected chi connectivity index (χ4v) is 3.22. The van der Waals surface area contributed by atoms with Gasteiger partial charge in [0.05, 0.1) is 18.1 Å². The summed E-state index contributed by atoms with van der Waals surface area (Å²) < 4.78 is 32.4. The van der Waals surface area contributed by atoms with Gasteiger partial charge in [-0.1, -0.05) is 13.8 Å². The SMILES string of the molecule is CCOc1ccc(S(=O)(=O)N[C@H](CO)C(C)C)cc1C. The summed E-state index contributed by atoms with van der Waals surface area (Å²) in [6.45, 7) is 7.69. The maximum Gasteiger partial charge on any atom is 0.240 e. The Hall–Kier alpha value is -1.11. The van der Waals surface area contributed by atoms with E-state index < -0.39 is 16.1 Å². The number of aliphatic hydroxyl groups is 1. The monoisotopic (exact) mass is 301 g/mol. The molecule has 0 aliphatic heterocycles. The number of hydrogen-bond donors (Lipinski definition) is 2. The van der Waals surface area contributed by atoms with Crippen molar-refractivity contribution in [3.8, 4) is 5.75 Å². The Morgan fingerprint density at radius 1 is 1.35 bits per heavy atom. The molecule has 0 aliphatic rings. The lowest BCUT2D eigenvalue weighted by Gasteiger charge is -2.20. The third kappa shape index (κ3) is 4.19. The topological polar surface area (TPSA) is 75.6 Å². The number of benzene rings is 1.